The van der Waals surface area contributed by atoms with Crippen LogP contribution in [-0.2, 0) is 17.1 Å². The summed E-state index contributed by atoms with van der Waals surface area (Å²) < 4.78 is 82.3. The Kier molecular flexibility index (Phi) is 6.63. The highest BCUT2D eigenvalue weighted by Gasteiger charge is 2.40. The number of hydrogen-bond acceptors (Lipinski definition) is 5. The van der Waals surface area contributed by atoms with Gasteiger partial charge in [0.05, 0.1) is 5.69 Å². The number of aryl methyl sites for hydroxylation is 1. The molecule has 0 bridgehead atoms. The number of aromatic nitrogens is 3. The number of carbonyl (C=O) groups excluding carboxylic acids is 2. The Bertz CT molecular complexity index is 1630. The predicted molar refractivity (Wildman–Crippen MR) is 136 cm³/mol. The van der Waals surface area contributed by atoms with Gasteiger partial charge in [0.2, 0.25) is 5.91 Å². The number of alkyl halides is 6. The van der Waals surface area contributed by atoms with E-state index in [0.29, 0.717) is 29.7 Å². The van der Waals surface area contributed by atoms with Crippen LogP contribution in [0.2, 0.25) is 0 Å². The molecule has 1 atom stereocenters. The van der Waals surface area contributed by atoms with E-state index in [2.05, 4.69) is 15.4 Å². The molecule has 0 aliphatic heterocycles. The van der Waals surface area contributed by atoms with Crippen LogP contribution in [0.25, 0.3) is 21.3 Å². The van der Waals surface area contributed by atoms with Crippen LogP contribution < -0.4 is 11.1 Å². The van der Waals surface area contributed by atoms with Crippen molar-refractivity contribution in [2.24, 2.45) is 5.73 Å². The first-order valence-corrected chi connectivity index (χ1v) is 12.9. The average Bonchev–Trinajstić information content (AvgIpc) is 3.49. The van der Waals surface area contributed by atoms with Gasteiger partial charge < -0.3 is 11.1 Å². The summed E-state index contributed by atoms with van der Waals surface area (Å²) in [5.74, 6) is -2.04. The molecule has 1 saturated carbocycles. The van der Waals surface area contributed by atoms with E-state index < -0.39 is 41.6 Å². The molecule has 14 heteroatoms. The highest BCUT2D eigenvalue weighted by Crippen LogP contribution is 2.45. The highest BCUT2D eigenvalue weighted by atomic mass is 32.1. The van der Waals surface area contributed by atoms with Crippen molar-refractivity contribution in [2.45, 2.75) is 51.0 Å². The van der Waals surface area contributed by atoms with Crippen LogP contribution in [0.1, 0.15) is 64.0 Å². The number of nitrogens with zero attached hydrogens (tertiary/aromatic N) is 3. The van der Waals surface area contributed by atoms with Crippen LogP contribution in [0.5, 0.6) is 0 Å². The van der Waals surface area contributed by atoms with E-state index in [1.54, 1.807) is 31.2 Å². The van der Waals surface area contributed by atoms with Gasteiger partial charge in [-0.25, -0.2) is 4.98 Å². The highest BCUT2D eigenvalue weighted by molar-refractivity contribution is 7.21. The van der Waals surface area contributed by atoms with Crippen LogP contribution in [-0.4, -0.2) is 26.6 Å². The Morgan fingerprint density at radius 2 is 1.68 bits per heavy atom. The van der Waals surface area contributed by atoms with E-state index in [4.69, 9.17) is 5.73 Å². The quantitative estimate of drug-likeness (QED) is 0.248. The van der Waals surface area contributed by atoms with Crippen molar-refractivity contribution in [1.29, 1.82) is 0 Å². The molecule has 5 rings (SSSR count). The smallest absolute Gasteiger partial charge is 0.365 e. The van der Waals surface area contributed by atoms with Crippen molar-refractivity contribution >= 4 is 39.1 Å². The molecule has 3 aromatic heterocycles. The molecule has 210 valence electrons. The number of fused-ring (bicyclic) bond motifs is 1. The largest absolute Gasteiger partial charge is 0.435 e. The zero-order chi connectivity index (χ0) is 29.1. The van der Waals surface area contributed by atoms with E-state index in [9.17, 15) is 35.9 Å². The van der Waals surface area contributed by atoms with Crippen LogP contribution in [0.15, 0.2) is 36.4 Å². The summed E-state index contributed by atoms with van der Waals surface area (Å²) in [7, 11) is 0. The summed E-state index contributed by atoms with van der Waals surface area (Å²) >= 11 is 0.578. The van der Waals surface area contributed by atoms with Crippen LogP contribution >= 0.6 is 11.3 Å². The van der Waals surface area contributed by atoms with Crippen molar-refractivity contribution in [3.05, 3.63) is 63.9 Å². The zero-order valence-electron chi connectivity index (χ0n) is 20.9. The second-order valence-corrected chi connectivity index (χ2v) is 10.6. The van der Waals surface area contributed by atoms with Crippen molar-refractivity contribution < 1.29 is 35.9 Å². The maximum Gasteiger partial charge on any atom is 0.435 e. The first-order valence-electron chi connectivity index (χ1n) is 12.0. The van der Waals surface area contributed by atoms with Gasteiger partial charge in [0.1, 0.15) is 21.4 Å². The molecule has 1 aromatic carbocycles. The maximum absolute atomic E-state index is 13.7. The second-order valence-electron chi connectivity index (χ2n) is 9.61. The summed E-state index contributed by atoms with van der Waals surface area (Å²) in [5, 5.41) is 6.22. The molecule has 0 radical (unpaired) electrons. The van der Waals surface area contributed by atoms with Crippen molar-refractivity contribution in [3.8, 4) is 11.1 Å². The van der Waals surface area contributed by atoms with Gasteiger partial charge in [0.25, 0.3) is 5.91 Å². The monoisotopic (exact) mass is 581 g/mol. The molecule has 3 heterocycles. The molecule has 0 saturated heterocycles. The molecule has 1 unspecified atom stereocenters. The zero-order valence-corrected chi connectivity index (χ0v) is 21.8. The SMILES string of the molecule is Cc1ccc(-c2cc(C(F)(F)F)nc3sc(C(N)=O)c(NC(=O)C(C)n4nc(C(F)(F)F)cc4C4CC4)c23)cc1. The number of hydrogen-bond donors (Lipinski definition) is 2. The first-order chi connectivity index (χ1) is 18.6. The molecule has 0 spiro atoms. The van der Waals surface area contributed by atoms with Gasteiger partial charge in [-0.2, -0.15) is 31.4 Å². The fourth-order valence-corrected chi connectivity index (χ4v) is 5.38. The normalized spacial score (nSPS) is 14.9. The third-order valence-electron chi connectivity index (χ3n) is 6.58. The lowest BCUT2D eigenvalue weighted by Crippen LogP contribution is -2.27. The van der Waals surface area contributed by atoms with E-state index in [-0.39, 0.29) is 38.0 Å². The predicted octanol–water partition coefficient (Wildman–Crippen LogP) is 6.68. The van der Waals surface area contributed by atoms with Crippen LogP contribution in [0.4, 0.5) is 32.0 Å². The Labute approximate surface area is 227 Å². The number of carbonyl (C=O) groups is 2. The maximum atomic E-state index is 13.7. The molecule has 1 aliphatic carbocycles. The number of amides is 2. The van der Waals surface area contributed by atoms with Crippen molar-refractivity contribution in [2.75, 3.05) is 5.32 Å². The minimum Gasteiger partial charge on any atom is -0.365 e. The third kappa shape index (κ3) is 5.15. The van der Waals surface area contributed by atoms with E-state index >= 15 is 0 Å². The van der Waals surface area contributed by atoms with Gasteiger partial charge in [-0.3, -0.25) is 14.3 Å². The molecule has 4 aromatic rings. The number of nitrogens with one attached hydrogen (secondary N) is 1. The van der Waals surface area contributed by atoms with Crippen molar-refractivity contribution in [3.63, 3.8) is 0 Å². The summed E-state index contributed by atoms with van der Waals surface area (Å²) in [5.41, 5.74) is 4.51. The van der Waals surface area contributed by atoms with Crippen molar-refractivity contribution in [1.82, 2.24) is 14.8 Å². The van der Waals surface area contributed by atoms with Gasteiger partial charge in [-0.1, -0.05) is 29.8 Å². The number of anilines is 1. The molecular weight excluding hydrogens is 560 g/mol. The molecule has 1 aliphatic rings. The van der Waals surface area contributed by atoms with E-state index in [1.165, 1.54) is 6.92 Å². The Balaban J connectivity index is 1.64. The van der Waals surface area contributed by atoms with Crippen LogP contribution in [0, 0.1) is 6.92 Å². The lowest BCUT2D eigenvalue weighted by atomic mass is 10.00. The summed E-state index contributed by atoms with van der Waals surface area (Å²) in [6.07, 6.45) is -8.24. The van der Waals surface area contributed by atoms with Gasteiger partial charge in [0.15, 0.2) is 5.69 Å². The Hall–Kier alpha value is -3.94. The lowest BCUT2D eigenvalue weighted by molar-refractivity contribution is -0.142. The number of rotatable bonds is 6. The van der Waals surface area contributed by atoms with Gasteiger partial charge >= 0.3 is 12.4 Å². The van der Waals surface area contributed by atoms with Gasteiger partial charge in [-0.05, 0) is 49.9 Å². The Morgan fingerprint density at radius 1 is 1.05 bits per heavy atom. The molecular formula is C26H21F6N5O2S. The van der Waals surface area contributed by atoms with E-state index in [1.807, 2.05) is 0 Å². The first kappa shape index (κ1) is 27.6. The number of pyridine rings is 1. The molecule has 3 N–H and O–H groups in total. The molecule has 7 nitrogen and oxygen atoms in total. The fourth-order valence-electron chi connectivity index (χ4n) is 4.38. The Morgan fingerprint density at radius 3 is 2.23 bits per heavy atom. The van der Waals surface area contributed by atoms with Gasteiger partial charge in [0, 0.05) is 17.0 Å². The number of benzene rings is 1. The standard InChI is InChI=1S/C26H21F6N5O2S/c1-11-3-5-13(6-4-11)15-9-17(25(27,28)29)34-24-19(15)20(21(40-24)22(33)38)35-23(39)12(2)37-16(14-7-8-14)10-18(36-37)26(30,31)32/h3-6,9-10,12,14H,7-8H2,1-2H3,(H2,33,38)(H,35,39). The van der Waals surface area contributed by atoms with E-state index in [0.717, 1.165) is 22.4 Å². The minimum atomic E-state index is -4.81. The molecule has 2 amide bonds. The average molecular weight is 582 g/mol. The summed E-state index contributed by atoms with van der Waals surface area (Å²) in [4.78, 5) is 29.0. The van der Waals surface area contributed by atoms with Gasteiger partial charge in [-0.15, -0.1) is 11.3 Å². The number of primary amides is 1. The number of thiophene rings is 1. The fraction of sp³-hybridized carbons (Fsp3) is 0.308. The second kappa shape index (κ2) is 9.61. The lowest BCUT2D eigenvalue weighted by Gasteiger charge is -2.17. The number of nitrogens with two attached hydrogens (primary N) is 1. The molecule has 1 fully saturated rings. The summed E-state index contributed by atoms with van der Waals surface area (Å²) in [6, 6.07) is 7.02. The minimum absolute atomic E-state index is 0.0427. The topological polar surface area (TPSA) is 103 Å². The molecule has 40 heavy (non-hydrogen) atoms. The number of halogens is 6. The third-order valence-corrected chi connectivity index (χ3v) is 7.68. The summed E-state index contributed by atoms with van der Waals surface area (Å²) in [6.45, 7) is 3.14. The van der Waals surface area contributed by atoms with Crippen LogP contribution in [0.3, 0.4) is 0 Å².